The predicted octanol–water partition coefficient (Wildman–Crippen LogP) is 1.86. The summed E-state index contributed by atoms with van der Waals surface area (Å²) in [5.41, 5.74) is 1.08. The third-order valence-corrected chi connectivity index (χ3v) is 5.23. The first-order valence-corrected chi connectivity index (χ1v) is 8.59. The predicted molar refractivity (Wildman–Crippen MR) is 75.4 cm³/mol. The Morgan fingerprint density at radius 1 is 1.47 bits per heavy atom. The highest BCUT2D eigenvalue weighted by atomic mass is 32.2. The summed E-state index contributed by atoms with van der Waals surface area (Å²) in [7, 11) is -3.15. The lowest BCUT2D eigenvalue weighted by Crippen LogP contribution is -2.33. The van der Waals surface area contributed by atoms with Gasteiger partial charge >= 0.3 is 0 Å². The van der Waals surface area contributed by atoms with Crippen molar-refractivity contribution in [2.24, 2.45) is 5.92 Å². The maximum atomic E-state index is 12.0. The minimum Gasteiger partial charge on any atom is -0.268 e. The van der Waals surface area contributed by atoms with E-state index in [0.717, 1.165) is 18.4 Å². The molecule has 0 amide bonds. The number of hydrogen-bond acceptors (Lipinski definition) is 3. The smallest absolute Gasteiger partial charge is 0.211 e. The number of aromatic nitrogens is 2. The van der Waals surface area contributed by atoms with Crippen LogP contribution in [0.2, 0.25) is 0 Å². The van der Waals surface area contributed by atoms with Gasteiger partial charge in [-0.2, -0.15) is 5.10 Å². The molecule has 2 rings (SSSR count). The number of nitrogens with one attached hydrogen (secondary N) is 1. The summed E-state index contributed by atoms with van der Waals surface area (Å²) in [4.78, 5) is 0. The van der Waals surface area contributed by atoms with Crippen molar-refractivity contribution in [2.45, 2.75) is 45.6 Å². The average molecular weight is 285 g/mol. The van der Waals surface area contributed by atoms with Gasteiger partial charge in [0.2, 0.25) is 10.0 Å². The molecule has 0 spiro atoms. The van der Waals surface area contributed by atoms with Crippen molar-refractivity contribution in [3.63, 3.8) is 0 Å². The lowest BCUT2D eigenvalue weighted by Gasteiger charge is -2.15. The zero-order valence-corrected chi connectivity index (χ0v) is 12.5. The third kappa shape index (κ3) is 4.31. The standard InChI is InChI=1S/C13H23N3O2S/c1-11-7-14-16(9-11)12(2)8-15-19(17,18)10-13-5-3-4-6-13/h7,9,12-13,15H,3-6,8,10H2,1-2H3/t12-/m1/s1. The first-order chi connectivity index (χ1) is 8.96. The molecule has 0 bridgehead atoms. The van der Waals surface area contributed by atoms with Crippen molar-refractivity contribution in [3.8, 4) is 0 Å². The zero-order chi connectivity index (χ0) is 13.9. The number of sulfonamides is 1. The van der Waals surface area contributed by atoms with Crippen LogP contribution in [-0.4, -0.2) is 30.5 Å². The van der Waals surface area contributed by atoms with E-state index in [0.29, 0.717) is 12.5 Å². The van der Waals surface area contributed by atoms with Gasteiger partial charge in [0.15, 0.2) is 0 Å². The Bertz CT molecular complexity index is 504. The fraction of sp³-hybridized carbons (Fsp3) is 0.769. The fourth-order valence-corrected chi connectivity index (χ4v) is 4.13. The summed E-state index contributed by atoms with van der Waals surface area (Å²) < 4.78 is 28.5. The zero-order valence-electron chi connectivity index (χ0n) is 11.7. The Kier molecular flexibility index (Phi) is 4.62. The molecule has 1 aliphatic rings. The third-order valence-electron chi connectivity index (χ3n) is 3.71. The molecule has 1 fully saturated rings. The van der Waals surface area contributed by atoms with Crippen LogP contribution in [0.4, 0.5) is 0 Å². The second-order valence-electron chi connectivity index (χ2n) is 5.63. The van der Waals surface area contributed by atoms with Crippen molar-refractivity contribution in [2.75, 3.05) is 12.3 Å². The lowest BCUT2D eigenvalue weighted by atomic mass is 10.1. The van der Waals surface area contributed by atoms with Gasteiger partial charge in [-0.25, -0.2) is 13.1 Å². The Hall–Kier alpha value is -0.880. The van der Waals surface area contributed by atoms with Crippen LogP contribution in [0.1, 0.15) is 44.2 Å². The van der Waals surface area contributed by atoms with Crippen molar-refractivity contribution >= 4 is 10.0 Å². The summed E-state index contributed by atoms with van der Waals surface area (Å²) >= 11 is 0. The monoisotopic (exact) mass is 285 g/mol. The van der Waals surface area contributed by atoms with Gasteiger partial charge in [-0.1, -0.05) is 12.8 Å². The van der Waals surface area contributed by atoms with E-state index in [2.05, 4.69) is 9.82 Å². The summed E-state index contributed by atoms with van der Waals surface area (Å²) in [6.07, 6.45) is 8.15. The Morgan fingerprint density at radius 2 is 2.16 bits per heavy atom. The molecular weight excluding hydrogens is 262 g/mol. The van der Waals surface area contributed by atoms with Crippen LogP contribution in [0.15, 0.2) is 12.4 Å². The number of aryl methyl sites for hydroxylation is 1. The molecule has 1 heterocycles. The van der Waals surface area contributed by atoms with Gasteiger partial charge in [0.25, 0.3) is 0 Å². The largest absolute Gasteiger partial charge is 0.268 e. The van der Waals surface area contributed by atoms with Gasteiger partial charge in [-0.05, 0) is 38.2 Å². The maximum absolute atomic E-state index is 12.0. The van der Waals surface area contributed by atoms with Crippen LogP contribution < -0.4 is 4.72 Å². The topological polar surface area (TPSA) is 64.0 Å². The van der Waals surface area contributed by atoms with Crippen LogP contribution in [0.25, 0.3) is 0 Å². The van der Waals surface area contributed by atoms with E-state index >= 15 is 0 Å². The van der Waals surface area contributed by atoms with Gasteiger partial charge < -0.3 is 0 Å². The van der Waals surface area contributed by atoms with Crippen molar-refractivity contribution < 1.29 is 8.42 Å². The number of hydrogen-bond donors (Lipinski definition) is 1. The summed E-state index contributed by atoms with van der Waals surface area (Å²) in [6, 6.07) is 0.0343. The van der Waals surface area contributed by atoms with E-state index in [-0.39, 0.29) is 11.8 Å². The Balaban J connectivity index is 1.83. The minimum atomic E-state index is -3.15. The van der Waals surface area contributed by atoms with E-state index in [9.17, 15) is 8.42 Å². The number of nitrogens with zero attached hydrogens (tertiary/aromatic N) is 2. The molecule has 1 aromatic rings. The summed E-state index contributed by atoms with van der Waals surface area (Å²) in [6.45, 7) is 4.33. The highest BCUT2D eigenvalue weighted by Crippen LogP contribution is 2.25. The molecule has 1 saturated carbocycles. The van der Waals surface area contributed by atoms with E-state index in [4.69, 9.17) is 0 Å². The highest BCUT2D eigenvalue weighted by molar-refractivity contribution is 7.89. The van der Waals surface area contributed by atoms with E-state index in [1.807, 2.05) is 20.0 Å². The normalized spacial score (nSPS) is 18.8. The molecule has 1 N–H and O–H groups in total. The van der Waals surface area contributed by atoms with Crippen molar-refractivity contribution in [1.29, 1.82) is 0 Å². The SMILES string of the molecule is Cc1cnn([C@H](C)CNS(=O)(=O)CC2CCCC2)c1. The maximum Gasteiger partial charge on any atom is 0.211 e. The Morgan fingerprint density at radius 3 is 2.74 bits per heavy atom. The second kappa shape index (κ2) is 6.05. The van der Waals surface area contributed by atoms with Crippen LogP contribution in [0.5, 0.6) is 0 Å². The summed E-state index contributed by atoms with van der Waals surface area (Å²) in [5, 5.41) is 4.20. The molecule has 0 saturated heterocycles. The second-order valence-corrected chi connectivity index (χ2v) is 7.48. The molecule has 0 unspecified atom stereocenters. The van der Waals surface area contributed by atoms with Crippen molar-refractivity contribution in [3.05, 3.63) is 18.0 Å². The van der Waals surface area contributed by atoms with Gasteiger partial charge in [-0.15, -0.1) is 0 Å². The molecule has 1 aliphatic carbocycles. The first-order valence-electron chi connectivity index (χ1n) is 6.94. The fourth-order valence-electron chi connectivity index (χ4n) is 2.56. The van der Waals surface area contributed by atoms with E-state index in [1.165, 1.54) is 12.8 Å². The molecular formula is C13H23N3O2S. The van der Waals surface area contributed by atoms with Gasteiger partial charge in [-0.3, -0.25) is 4.68 Å². The molecule has 0 radical (unpaired) electrons. The van der Waals surface area contributed by atoms with E-state index < -0.39 is 10.0 Å². The first kappa shape index (κ1) is 14.5. The van der Waals surface area contributed by atoms with Crippen molar-refractivity contribution in [1.82, 2.24) is 14.5 Å². The quantitative estimate of drug-likeness (QED) is 0.867. The van der Waals surface area contributed by atoms with Gasteiger partial charge in [0.1, 0.15) is 0 Å². The molecule has 108 valence electrons. The van der Waals surface area contributed by atoms with Crippen LogP contribution in [0, 0.1) is 12.8 Å². The van der Waals surface area contributed by atoms with Crippen LogP contribution >= 0.6 is 0 Å². The molecule has 1 aromatic heterocycles. The van der Waals surface area contributed by atoms with Gasteiger partial charge in [0, 0.05) is 12.7 Å². The lowest BCUT2D eigenvalue weighted by molar-refractivity contribution is 0.475. The minimum absolute atomic E-state index is 0.0343. The molecule has 1 atom stereocenters. The molecule has 5 nitrogen and oxygen atoms in total. The van der Waals surface area contributed by atoms with Crippen LogP contribution in [0.3, 0.4) is 0 Å². The molecule has 6 heteroatoms. The summed E-state index contributed by atoms with van der Waals surface area (Å²) in [5.74, 6) is 0.623. The van der Waals surface area contributed by atoms with Gasteiger partial charge in [0.05, 0.1) is 18.0 Å². The highest BCUT2D eigenvalue weighted by Gasteiger charge is 2.22. The average Bonchev–Trinajstić information content (AvgIpc) is 2.97. The number of rotatable bonds is 6. The molecule has 19 heavy (non-hydrogen) atoms. The molecule has 0 aliphatic heterocycles. The Labute approximate surface area is 115 Å². The molecule has 0 aromatic carbocycles. The van der Waals surface area contributed by atoms with Crippen LogP contribution in [-0.2, 0) is 10.0 Å². The van der Waals surface area contributed by atoms with E-state index in [1.54, 1.807) is 10.9 Å².